The summed E-state index contributed by atoms with van der Waals surface area (Å²) >= 11 is 0. The first-order chi connectivity index (χ1) is 11.9. The number of rotatable bonds is 4. The quantitative estimate of drug-likeness (QED) is 0.908. The summed E-state index contributed by atoms with van der Waals surface area (Å²) in [6.07, 6.45) is 2.50. The molecule has 1 fully saturated rings. The Bertz CT molecular complexity index is 889. The lowest BCUT2D eigenvalue weighted by Gasteiger charge is -2.26. The van der Waals surface area contributed by atoms with Crippen LogP contribution in [-0.2, 0) is 14.8 Å². The Morgan fingerprint density at radius 3 is 2.40 bits per heavy atom. The van der Waals surface area contributed by atoms with Crippen molar-refractivity contribution in [2.24, 2.45) is 0 Å². The molecule has 0 unspecified atom stereocenters. The fraction of sp³-hybridized carbons (Fsp3) is 0.316. The van der Waals surface area contributed by atoms with Crippen LogP contribution < -0.4 is 9.62 Å². The first-order valence-electron chi connectivity index (χ1n) is 8.37. The van der Waals surface area contributed by atoms with Gasteiger partial charge in [0.2, 0.25) is 5.91 Å². The minimum absolute atomic E-state index is 0.120. The molecule has 1 amide bonds. The van der Waals surface area contributed by atoms with Crippen molar-refractivity contribution in [2.75, 3.05) is 16.2 Å². The van der Waals surface area contributed by atoms with Gasteiger partial charge in [0.05, 0.1) is 4.90 Å². The highest BCUT2D eigenvalue weighted by molar-refractivity contribution is 7.92. The van der Waals surface area contributed by atoms with E-state index in [-0.39, 0.29) is 10.8 Å². The van der Waals surface area contributed by atoms with Crippen LogP contribution in [0.2, 0.25) is 0 Å². The van der Waals surface area contributed by atoms with Crippen LogP contribution in [0.1, 0.15) is 30.4 Å². The van der Waals surface area contributed by atoms with E-state index in [9.17, 15) is 13.2 Å². The summed E-state index contributed by atoms with van der Waals surface area (Å²) < 4.78 is 27.9. The molecule has 1 aliphatic heterocycles. The van der Waals surface area contributed by atoms with Crippen LogP contribution in [0.25, 0.3) is 0 Å². The van der Waals surface area contributed by atoms with Crippen LogP contribution >= 0.6 is 0 Å². The Morgan fingerprint density at radius 1 is 1.00 bits per heavy atom. The molecular formula is C19H22N2O3S. The van der Waals surface area contributed by atoms with Gasteiger partial charge in [-0.25, -0.2) is 8.42 Å². The van der Waals surface area contributed by atoms with Gasteiger partial charge in [-0.1, -0.05) is 12.1 Å². The highest BCUT2D eigenvalue weighted by Crippen LogP contribution is 2.25. The predicted octanol–water partition coefficient (Wildman–Crippen LogP) is 3.62. The third-order valence-corrected chi connectivity index (χ3v) is 5.91. The summed E-state index contributed by atoms with van der Waals surface area (Å²) in [6.45, 7) is 4.36. The maximum absolute atomic E-state index is 12.6. The maximum Gasteiger partial charge on any atom is 0.262 e. The second-order valence-electron chi connectivity index (χ2n) is 6.42. The molecule has 0 aliphatic carbocycles. The van der Waals surface area contributed by atoms with Crippen molar-refractivity contribution in [2.45, 2.75) is 38.0 Å². The molecule has 1 saturated heterocycles. The zero-order valence-electron chi connectivity index (χ0n) is 14.5. The molecule has 0 radical (unpaired) electrons. The minimum atomic E-state index is -3.65. The van der Waals surface area contributed by atoms with Gasteiger partial charge in [-0.3, -0.25) is 9.52 Å². The lowest BCUT2D eigenvalue weighted by atomic mass is 10.1. The zero-order chi connectivity index (χ0) is 18.0. The van der Waals surface area contributed by atoms with E-state index in [1.807, 2.05) is 13.0 Å². The second kappa shape index (κ2) is 6.88. The summed E-state index contributed by atoms with van der Waals surface area (Å²) in [6, 6.07) is 12.3. The number of anilines is 2. The molecule has 0 atom stereocenters. The van der Waals surface area contributed by atoms with Crippen molar-refractivity contribution in [1.82, 2.24) is 0 Å². The van der Waals surface area contributed by atoms with Gasteiger partial charge in [0, 0.05) is 24.3 Å². The van der Waals surface area contributed by atoms with E-state index in [0.717, 1.165) is 24.1 Å². The van der Waals surface area contributed by atoms with Crippen molar-refractivity contribution >= 4 is 27.3 Å². The molecule has 3 rings (SSSR count). The van der Waals surface area contributed by atoms with E-state index in [2.05, 4.69) is 4.72 Å². The lowest BCUT2D eigenvalue weighted by molar-refractivity contribution is -0.119. The number of benzene rings is 2. The number of amides is 1. The van der Waals surface area contributed by atoms with Crippen molar-refractivity contribution in [1.29, 1.82) is 0 Å². The molecule has 2 aromatic carbocycles. The average molecular weight is 358 g/mol. The fourth-order valence-electron chi connectivity index (χ4n) is 3.00. The molecule has 2 aromatic rings. The van der Waals surface area contributed by atoms with Crippen molar-refractivity contribution in [3.8, 4) is 0 Å². The van der Waals surface area contributed by atoms with E-state index in [1.165, 1.54) is 0 Å². The van der Waals surface area contributed by atoms with Gasteiger partial charge in [-0.2, -0.15) is 0 Å². The van der Waals surface area contributed by atoms with Gasteiger partial charge < -0.3 is 4.90 Å². The molecule has 0 saturated carbocycles. The van der Waals surface area contributed by atoms with Crippen molar-refractivity contribution in [3.05, 3.63) is 53.6 Å². The number of carbonyl (C=O) groups excluding carboxylic acids is 1. The predicted molar refractivity (Wildman–Crippen MR) is 99.4 cm³/mol. The number of piperidine rings is 1. The minimum Gasteiger partial charge on any atom is -0.312 e. The Labute approximate surface area is 148 Å². The number of hydrogen-bond acceptors (Lipinski definition) is 3. The molecule has 5 nitrogen and oxygen atoms in total. The van der Waals surface area contributed by atoms with E-state index in [1.54, 1.807) is 48.2 Å². The summed E-state index contributed by atoms with van der Waals surface area (Å²) in [4.78, 5) is 14.0. The van der Waals surface area contributed by atoms with Crippen LogP contribution in [0.4, 0.5) is 11.4 Å². The third-order valence-electron chi connectivity index (χ3n) is 4.39. The monoisotopic (exact) mass is 358 g/mol. The molecule has 25 heavy (non-hydrogen) atoms. The summed E-state index contributed by atoms with van der Waals surface area (Å²) in [5, 5.41) is 0. The van der Waals surface area contributed by atoms with Crippen LogP contribution in [0.3, 0.4) is 0 Å². The Hall–Kier alpha value is -2.34. The molecule has 1 heterocycles. The third kappa shape index (κ3) is 3.85. The summed E-state index contributed by atoms with van der Waals surface area (Å²) in [5.74, 6) is 0.120. The van der Waals surface area contributed by atoms with Crippen LogP contribution in [-0.4, -0.2) is 20.9 Å². The number of aryl methyl sites for hydroxylation is 2. The highest BCUT2D eigenvalue weighted by Gasteiger charge is 2.20. The zero-order valence-corrected chi connectivity index (χ0v) is 15.3. The van der Waals surface area contributed by atoms with Crippen molar-refractivity contribution < 1.29 is 13.2 Å². The number of carbonyl (C=O) groups is 1. The molecule has 6 heteroatoms. The molecule has 1 aliphatic rings. The van der Waals surface area contributed by atoms with E-state index < -0.39 is 10.0 Å². The van der Waals surface area contributed by atoms with Crippen molar-refractivity contribution in [3.63, 3.8) is 0 Å². The number of sulfonamides is 1. The highest BCUT2D eigenvalue weighted by atomic mass is 32.2. The van der Waals surface area contributed by atoms with Gasteiger partial charge in [-0.05, 0) is 68.1 Å². The van der Waals surface area contributed by atoms with Crippen LogP contribution in [0.15, 0.2) is 47.4 Å². The summed E-state index contributed by atoms with van der Waals surface area (Å²) in [7, 11) is -3.65. The first kappa shape index (κ1) is 17.5. The second-order valence-corrected chi connectivity index (χ2v) is 8.07. The number of nitrogens with one attached hydrogen (secondary N) is 1. The Balaban J connectivity index is 1.81. The first-order valence-corrected chi connectivity index (χ1v) is 9.86. The normalized spacial score (nSPS) is 15.3. The Morgan fingerprint density at radius 2 is 1.72 bits per heavy atom. The van der Waals surface area contributed by atoms with Gasteiger partial charge in [0.1, 0.15) is 0 Å². The topological polar surface area (TPSA) is 66.5 Å². The fourth-order valence-corrected chi connectivity index (χ4v) is 4.38. The van der Waals surface area contributed by atoms with Gasteiger partial charge in [-0.15, -0.1) is 0 Å². The van der Waals surface area contributed by atoms with Gasteiger partial charge in [0.15, 0.2) is 0 Å². The molecule has 1 N–H and O–H groups in total. The standard InChI is InChI=1S/C19H22N2O3S/c1-14-6-7-15(2)18(13-14)25(23,24)20-16-8-10-17(11-9-16)21-12-4-3-5-19(21)22/h6-11,13,20H,3-5,12H2,1-2H3. The average Bonchev–Trinajstić information content (AvgIpc) is 2.58. The smallest absolute Gasteiger partial charge is 0.262 e. The molecule has 0 aromatic heterocycles. The van der Waals surface area contributed by atoms with E-state index in [0.29, 0.717) is 24.2 Å². The maximum atomic E-state index is 12.6. The van der Waals surface area contributed by atoms with E-state index in [4.69, 9.17) is 0 Å². The molecule has 0 spiro atoms. The Kier molecular flexibility index (Phi) is 4.81. The van der Waals surface area contributed by atoms with Gasteiger partial charge in [0.25, 0.3) is 10.0 Å². The summed E-state index contributed by atoms with van der Waals surface area (Å²) in [5.41, 5.74) is 2.88. The van der Waals surface area contributed by atoms with Crippen LogP contribution in [0.5, 0.6) is 0 Å². The van der Waals surface area contributed by atoms with Gasteiger partial charge >= 0.3 is 0 Å². The lowest BCUT2D eigenvalue weighted by Crippen LogP contribution is -2.35. The SMILES string of the molecule is Cc1ccc(C)c(S(=O)(=O)Nc2ccc(N3CCCCC3=O)cc2)c1. The molecule has 132 valence electrons. The molecule has 0 bridgehead atoms. The molecular weight excluding hydrogens is 336 g/mol. The number of hydrogen-bond donors (Lipinski definition) is 1. The van der Waals surface area contributed by atoms with Crippen LogP contribution in [0, 0.1) is 13.8 Å². The van der Waals surface area contributed by atoms with E-state index >= 15 is 0 Å². The number of nitrogens with zero attached hydrogens (tertiary/aromatic N) is 1. The largest absolute Gasteiger partial charge is 0.312 e.